The molecule has 3 nitrogen and oxygen atoms in total. The standard InChI is InChI=1S/C11H15BrN2O/c1-8-4-5-9(12)10(7-8)14-11(15)3-2-6-13/h4-5,7H,2-3,6,13H2,1H3,(H,14,15). The van der Waals surface area contributed by atoms with Crippen LogP contribution in [-0.2, 0) is 4.79 Å². The zero-order chi connectivity index (χ0) is 11.3. The number of hydrogen-bond donors (Lipinski definition) is 2. The van der Waals surface area contributed by atoms with Gasteiger partial charge in [-0.3, -0.25) is 4.79 Å². The van der Waals surface area contributed by atoms with Gasteiger partial charge in [0.25, 0.3) is 0 Å². The molecule has 0 aliphatic carbocycles. The summed E-state index contributed by atoms with van der Waals surface area (Å²) in [5, 5.41) is 2.84. The summed E-state index contributed by atoms with van der Waals surface area (Å²) in [6.45, 7) is 2.53. The van der Waals surface area contributed by atoms with Gasteiger partial charge in [-0.25, -0.2) is 0 Å². The third-order valence-corrected chi connectivity index (χ3v) is 2.70. The van der Waals surface area contributed by atoms with E-state index in [1.807, 2.05) is 25.1 Å². The summed E-state index contributed by atoms with van der Waals surface area (Å²) >= 11 is 3.39. The molecule has 0 spiro atoms. The summed E-state index contributed by atoms with van der Waals surface area (Å²) in [6, 6.07) is 5.85. The topological polar surface area (TPSA) is 55.1 Å². The molecule has 15 heavy (non-hydrogen) atoms. The van der Waals surface area contributed by atoms with Crippen molar-refractivity contribution in [1.82, 2.24) is 0 Å². The van der Waals surface area contributed by atoms with Crippen LogP contribution in [0.4, 0.5) is 5.69 Å². The minimum Gasteiger partial charge on any atom is -0.330 e. The number of carbonyl (C=O) groups is 1. The first-order valence-corrected chi connectivity index (χ1v) is 5.69. The van der Waals surface area contributed by atoms with Crippen molar-refractivity contribution in [1.29, 1.82) is 0 Å². The molecule has 0 bridgehead atoms. The lowest BCUT2D eigenvalue weighted by Gasteiger charge is -2.07. The maximum absolute atomic E-state index is 11.4. The molecule has 82 valence electrons. The monoisotopic (exact) mass is 270 g/mol. The number of benzene rings is 1. The van der Waals surface area contributed by atoms with Crippen LogP contribution in [0.2, 0.25) is 0 Å². The van der Waals surface area contributed by atoms with E-state index in [2.05, 4.69) is 21.2 Å². The number of amides is 1. The molecule has 4 heteroatoms. The van der Waals surface area contributed by atoms with Crippen LogP contribution >= 0.6 is 15.9 Å². The summed E-state index contributed by atoms with van der Waals surface area (Å²) in [5.41, 5.74) is 7.27. The van der Waals surface area contributed by atoms with Crippen LogP contribution in [0.1, 0.15) is 18.4 Å². The number of carbonyl (C=O) groups excluding carboxylic acids is 1. The second-order valence-electron chi connectivity index (χ2n) is 3.42. The highest BCUT2D eigenvalue weighted by atomic mass is 79.9. The van der Waals surface area contributed by atoms with Gasteiger partial charge in [-0.15, -0.1) is 0 Å². The van der Waals surface area contributed by atoms with E-state index in [0.29, 0.717) is 13.0 Å². The maximum Gasteiger partial charge on any atom is 0.224 e. The minimum atomic E-state index is 0.00625. The van der Waals surface area contributed by atoms with Gasteiger partial charge in [0, 0.05) is 10.9 Å². The number of nitrogens with one attached hydrogen (secondary N) is 1. The van der Waals surface area contributed by atoms with Crippen LogP contribution in [0.5, 0.6) is 0 Å². The number of nitrogens with two attached hydrogens (primary N) is 1. The first-order chi connectivity index (χ1) is 7.13. The fourth-order valence-corrected chi connectivity index (χ4v) is 1.56. The Morgan fingerprint density at radius 2 is 2.27 bits per heavy atom. The van der Waals surface area contributed by atoms with E-state index in [0.717, 1.165) is 22.1 Å². The second-order valence-corrected chi connectivity index (χ2v) is 4.28. The van der Waals surface area contributed by atoms with E-state index in [9.17, 15) is 4.79 Å². The van der Waals surface area contributed by atoms with Crippen molar-refractivity contribution in [3.05, 3.63) is 28.2 Å². The van der Waals surface area contributed by atoms with Crippen LogP contribution in [0.3, 0.4) is 0 Å². The Morgan fingerprint density at radius 3 is 2.93 bits per heavy atom. The molecular formula is C11H15BrN2O. The van der Waals surface area contributed by atoms with Crippen LogP contribution in [0.15, 0.2) is 22.7 Å². The smallest absolute Gasteiger partial charge is 0.224 e. The quantitative estimate of drug-likeness (QED) is 0.883. The van der Waals surface area contributed by atoms with Crippen LogP contribution in [0.25, 0.3) is 0 Å². The number of hydrogen-bond acceptors (Lipinski definition) is 2. The highest BCUT2D eigenvalue weighted by molar-refractivity contribution is 9.10. The summed E-state index contributed by atoms with van der Waals surface area (Å²) < 4.78 is 0.897. The second kappa shape index (κ2) is 5.88. The van der Waals surface area contributed by atoms with Crippen LogP contribution < -0.4 is 11.1 Å². The zero-order valence-corrected chi connectivity index (χ0v) is 10.3. The lowest BCUT2D eigenvalue weighted by Crippen LogP contribution is -2.13. The molecule has 0 saturated heterocycles. The number of halogens is 1. The zero-order valence-electron chi connectivity index (χ0n) is 8.72. The van der Waals surface area contributed by atoms with Crippen molar-refractivity contribution in [2.24, 2.45) is 5.73 Å². The van der Waals surface area contributed by atoms with Crippen LogP contribution in [0, 0.1) is 6.92 Å². The average molecular weight is 271 g/mol. The van der Waals surface area contributed by atoms with Gasteiger partial charge in [-0.1, -0.05) is 6.07 Å². The van der Waals surface area contributed by atoms with Crippen molar-refractivity contribution in [2.75, 3.05) is 11.9 Å². The predicted octanol–water partition coefficient (Wildman–Crippen LogP) is 2.43. The molecule has 0 unspecified atom stereocenters. The number of anilines is 1. The third-order valence-electron chi connectivity index (χ3n) is 2.00. The third kappa shape index (κ3) is 4.01. The lowest BCUT2D eigenvalue weighted by atomic mass is 10.2. The molecular weight excluding hydrogens is 256 g/mol. The summed E-state index contributed by atoms with van der Waals surface area (Å²) in [7, 11) is 0. The molecule has 3 N–H and O–H groups in total. The normalized spacial score (nSPS) is 10.1. The summed E-state index contributed by atoms with van der Waals surface area (Å²) in [5.74, 6) is 0.00625. The Balaban J connectivity index is 2.63. The predicted molar refractivity (Wildman–Crippen MR) is 65.8 cm³/mol. The largest absolute Gasteiger partial charge is 0.330 e. The van der Waals surface area contributed by atoms with E-state index in [1.165, 1.54) is 0 Å². The Kier molecular flexibility index (Phi) is 4.78. The molecule has 0 heterocycles. The van der Waals surface area contributed by atoms with Crippen molar-refractivity contribution in [3.8, 4) is 0 Å². The van der Waals surface area contributed by atoms with Gasteiger partial charge in [-0.05, 0) is 53.5 Å². The fourth-order valence-electron chi connectivity index (χ4n) is 1.21. The Labute approximate surface area is 98.2 Å². The highest BCUT2D eigenvalue weighted by Crippen LogP contribution is 2.23. The van der Waals surface area contributed by atoms with E-state index < -0.39 is 0 Å². The molecule has 0 fully saturated rings. The molecule has 0 aliphatic heterocycles. The van der Waals surface area contributed by atoms with Gasteiger partial charge in [0.05, 0.1) is 5.69 Å². The van der Waals surface area contributed by atoms with Crippen molar-refractivity contribution < 1.29 is 4.79 Å². The lowest BCUT2D eigenvalue weighted by molar-refractivity contribution is -0.116. The number of rotatable bonds is 4. The average Bonchev–Trinajstić information content (AvgIpc) is 2.20. The van der Waals surface area contributed by atoms with Crippen LogP contribution in [-0.4, -0.2) is 12.5 Å². The Morgan fingerprint density at radius 1 is 1.53 bits per heavy atom. The molecule has 1 amide bonds. The highest BCUT2D eigenvalue weighted by Gasteiger charge is 2.04. The Hall–Kier alpha value is -0.870. The molecule has 1 rings (SSSR count). The molecule has 0 saturated carbocycles. The SMILES string of the molecule is Cc1ccc(Br)c(NC(=O)CCCN)c1. The van der Waals surface area contributed by atoms with E-state index in [4.69, 9.17) is 5.73 Å². The molecule has 0 radical (unpaired) electrons. The molecule has 0 aromatic heterocycles. The van der Waals surface area contributed by atoms with Gasteiger partial charge in [0.1, 0.15) is 0 Å². The van der Waals surface area contributed by atoms with Crippen molar-refractivity contribution in [3.63, 3.8) is 0 Å². The first-order valence-electron chi connectivity index (χ1n) is 4.89. The molecule has 1 aromatic carbocycles. The van der Waals surface area contributed by atoms with Gasteiger partial charge >= 0.3 is 0 Å². The van der Waals surface area contributed by atoms with Crippen molar-refractivity contribution in [2.45, 2.75) is 19.8 Å². The Bertz CT molecular complexity index is 352. The van der Waals surface area contributed by atoms with E-state index in [-0.39, 0.29) is 5.91 Å². The van der Waals surface area contributed by atoms with Gasteiger partial charge in [0.15, 0.2) is 0 Å². The van der Waals surface area contributed by atoms with Crippen molar-refractivity contribution >= 4 is 27.5 Å². The number of aryl methyl sites for hydroxylation is 1. The van der Waals surface area contributed by atoms with E-state index in [1.54, 1.807) is 0 Å². The van der Waals surface area contributed by atoms with Gasteiger partial charge < -0.3 is 11.1 Å². The van der Waals surface area contributed by atoms with E-state index >= 15 is 0 Å². The summed E-state index contributed by atoms with van der Waals surface area (Å²) in [4.78, 5) is 11.4. The maximum atomic E-state index is 11.4. The first kappa shape index (κ1) is 12.2. The summed E-state index contributed by atoms with van der Waals surface area (Å²) in [6.07, 6.45) is 1.19. The van der Waals surface area contributed by atoms with Gasteiger partial charge in [-0.2, -0.15) is 0 Å². The fraction of sp³-hybridized carbons (Fsp3) is 0.364. The molecule has 0 atom stereocenters. The van der Waals surface area contributed by atoms with Gasteiger partial charge in [0.2, 0.25) is 5.91 Å². The molecule has 0 aliphatic rings. The minimum absolute atomic E-state index is 0.00625. The molecule has 1 aromatic rings.